The number of nitrogens with two attached hydrogens (primary N) is 1. The molecule has 0 aliphatic heterocycles. The van der Waals surface area contributed by atoms with Gasteiger partial charge in [0.1, 0.15) is 5.75 Å². The van der Waals surface area contributed by atoms with E-state index in [4.69, 9.17) is 5.84 Å². The van der Waals surface area contributed by atoms with Crippen molar-refractivity contribution >= 4 is 11.3 Å². The predicted octanol–water partition coefficient (Wildman–Crippen LogP) is 2.79. The summed E-state index contributed by atoms with van der Waals surface area (Å²) in [5.74, 6) is 5.23. The molecule has 0 amide bonds. The van der Waals surface area contributed by atoms with Gasteiger partial charge in [-0.05, 0) is 17.7 Å². The number of nitrogens with one attached hydrogen (secondary N) is 1. The fourth-order valence-corrected chi connectivity index (χ4v) is 2.36. The minimum Gasteiger partial charge on any atom is -0.406 e. The molecule has 0 radical (unpaired) electrons. The highest BCUT2D eigenvalue weighted by Crippen LogP contribution is 2.25. The van der Waals surface area contributed by atoms with Crippen LogP contribution in [0.15, 0.2) is 36.0 Å². The Morgan fingerprint density at radius 2 is 2.00 bits per heavy atom. The lowest BCUT2D eigenvalue weighted by Gasteiger charge is -2.16. The molecule has 1 atom stereocenters. The van der Waals surface area contributed by atoms with Gasteiger partial charge < -0.3 is 4.74 Å². The maximum Gasteiger partial charge on any atom is 0.573 e. The zero-order chi connectivity index (χ0) is 14.6. The second kappa shape index (κ2) is 6.21. The van der Waals surface area contributed by atoms with Crippen LogP contribution in [0.25, 0.3) is 0 Å². The van der Waals surface area contributed by atoms with Crippen molar-refractivity contribution in [1.29, 1.82) is 0 Å². The summed E-state index contributed by atoms with van der Waals surface area (Å²) in [4.78, 5) is 4.99. The minimum absolute atomic E-state index is 0.199. The van der Waals surface area contributed by atoms with Gasteiger partial charge in [0.15, 0.2) is 0 Å². The third-order valence-corrected chi connectivity index (χ3v) is 3.41. The van der Waals surface area contributed by atoms with E-state index < -0.39 is 6.36 Å². The van der Waals surface area contributed by atoms with Crippen LogP contribution in [0.1, 0.15) is 16.5 Å². The highest BCUT2D eigenvalue weighted by Gasteiger charge is 2.31. The standard InChI is InChI=1S/C12H12F3N3OS/c13-12(14,15)19-9-3-1-8(2-4-9)11(18-16)5-10-6-17-7-20-10/h1-4,6-7,11,18H,5,16H2. The zero-order valence-electron chi connectivity index (χ0n) is 10.2. The Hall–Kier alpha value is -1.64. The number of alkyl halides is 3. The Kier molecular flexibility index (Phi) is 4.58. The van der Waals surface area contributed by atoms with Crippen molar-refractivity contribution in [3.05, 3.63) is 46.4 Å². The first-order valence-corrected chi connectivity index (χ1v) is 6.55. The molecule has 2 aromatic rings. The van der Waals surface area contributed by atoms with Crippen LogP contribution >= 0.6 is 11.3 Å². The molecule has 0 aliphatic rings. The Morgan fingerprint density at radius 1 is 1.30 bits per heavy atom. The fraction of sp³-hybridized carbons (Fsp3) is 0.250. The summed E-state index contributed by atoms with van der Waals surface area (Å²) in [6.45, 7) is 0. The number of aromatic nitrogens is 1. The number of halogens is 3. The molecule has 0 saturated carbocycles. The van der Waals surface area contributed by atoms with Crippen molar-refractivity contribution < 1.29 is 17.9 Å². The van der Waals surface area contributed by atoms with E-state index >= 15 is 0 Å². The van der Waals surface area contributed by atoms with Gasteiger partial charge in [-0.3, -0.25) is 16.3 Å². The smallest absolute Gasteiger partial charge is 0.406 e. The first-order valence-electron chi connectivity index (χ1n) is 5.67. The second-order valence-corrected chi connectivity index (χ2v) is 4.98. The number of benzene rings is 1. The van der Waals surface area contributed by atoms with Crippen LogP contribution in [-0.4, -0.2) is 11.3 Å². The summed E-state index contributed by atoms with van der Waals surface area (Å²) in [5.41, 5.74) is 5.13. The molecule has 0 bridgehead atoms. The second-order valence-electron chi connectivity index (χ2n) is 4.01. The lowest BCUT2D eigenvalue weighted by Crippen LogP contribution is -2.29. The highest BCUT2D eigenvalue weighted by atomic mass is 32.1. The van der Waals surface area contributed by atoms with E-state index in [1.54, 1.807) is 23.8 Å². The normalized spacial score (nSPS) is 13.2. The van der Waals surface area contributed by atoms with Gasteiger partial charge in [-0.15, -0.1) is 24.5 Å². The van der Waals surface area contributed by atoms with Crippen molar-refractivity contribution in [3.8, 4) is 5.75 Å². The van der Waals surface area contributed by atoms with Gasteiger partial charge in [-0.25, -0.2) is 0 Å². The van der Waals surface area contributed by atoms with Gasteiger partial charge in [0, 0.05) is 17.5 Å². The van der Waals surface area contributed by atoms with Crippen LogP contribution in [0.4, 0.5) is 13.2 Å². The molecule has 1 aromatic heterocycles. The molecule has 2 rings (SSSR count). The summed E-state index contributed by atoms with van der Waals surface area (Å²) < 4.78 is 40.0. The molecule has 0 aliphatic carbocycles. The van der Waals surface area contributed by atoms with E-state index in [1.807, 2.05) is 0 Å². The third kappa shape index (κ3) is 4.19. The summed E-state index contributed by atoms with van der Waals surface area (Å²) in [6, 6.07) is 5.43. The lowest BCUT2D eigenvalue weighted by molar-refractivity contribution is -0.274. The number of hydrogen-bond acceptors (Lipinski definition) is 5. The van der Waals surface area contributed by atoms with Gasteiger partial charge >= 0.3 is 6.36 Å². The first kappa shape index (κ1) is 14.8. The summed E-state index contributed by atoms with van der Waals surface area (Å²) in [6.07, 6.45) is -2.34. The molecule has 3 N–H and O–H groups in total. The number of rotatable bonds is 5. The molecule has 4 nitrogen and oxygen atoms in total. The van der Waals surface area contributed by atoms with E-state index in [2.05, 4.69) is 15.1 Å². The van der Waals surface area contributed by atoms with Gasteiger partial charge in [0.2, 0.25) is 0 Å². The summed E-state index contributed by atoms with van der Waals surface area (Å²) >= 11 is 1.49. The molecule has 1 aromatic carbocycles. The van der Waals surface area contributed by atoms with E-state index in [9.17, 15) is 13.2 Å². The largest absolute Gasteiger partial charge is 0.573 e. The lowest BCUT2D eigenvalue weighted by atomic mass is 10.0. The van der Waals surface area contributed by atoms with Crippen LogP contribution in [0, 0.1) is 0 Å². The highest BCUT2D eigenvalue weighted by molar-refractivity contribution is 7.09. The number of thiazole rings is 1. The molecule has 0 fully saturated rings. The van der Waals surface area contributed by atoms with E-state index in [-0.39, 0.29) is 11.8 Å². The topological polar surface area (TPSA) is 60.2 Å². The monoisotopic (exact) mass is 303 g/mol. The first-order chi connectivity index (χ1) is 9.48. The molecule has 108 valence electrons. The van der Waals surface area contributed by atoms with Crippen LogP contribution in [-0.2, 0) is 6.42 Å². The molecule has 1 unspecified atom stereocenters. The number of hydrazine groups is 1. The Labute approximate surface area is 117 Å². The van der Waals surface area contributed by atoms with Gasteiger partial charge in [0.05, 0.1) is 11.6 Å². The van der Waals surface area contributed by atoms with E-state index in [1.165, 1.54) is 23.5 Å². The average Bonchev–Trinajstić information content (AvgIpc) is 2.88. The van der Waals surface area contributed by atoms with Crippen molar-refractivity contribution in [1.82, 2.24) is 10.4 Å². The molecule has 20 heavy (non-hydrogen) atoms. The SMILES string of the molecule is NNC(Cc1cncs1)c1ccc(OC(F)(F)F)cc1. The third-order valence-electron chi connectivity index (χ3n) is 2.61. The van der Waals surface area contributed by atoms with Crippen LogP contribution < -0.4 is 16.0 Å². The van der Waals surface area contributed by atoms with Crippen molar-refractivity contribution in [2.24, 2.45) is 5.84 Å². The van der Waals surface area contributed by atoms with Crippen LogP contribution in [0.2, 0.25) is 0 Å². The Bertz CT molecular complexity index is 528. The maximum atomic E-state index is 12.1. The molecular formula is C12H12F3N3OS. The quantitative estimate of drug-likeness (QED) is 0.658. The van der Waals surface area contributed by atoms with Crippen LogP contribution in [0.3, 0.4) is 0 Å². The minimum atomic E-state index is -4.68. The molecule has 0 saturated heterocycles. The summed E-state index contributed by atoms with van der Waals surface area (Å²) in [7, 11) is 0. The van der Waals surface area contributed by atoms with Crippen LogP contribution in [0.5, 0.6) is 5.75 Å². The molecule has 1 heterocycles. The number of hydrogen-bond donors (Lipinski definition) is 2. The maximum absolute atomic E-state index is 12.1. The molecular weight excluding hydrogens is 291 g/mol. The van der Waals surface area contributed by atoms with Gasteiger partial charge in [0.25, 0.3) is 0 Å². The average molecular weight is 303 g/mol. The molecule has 8 heteroatoms. The van der Waals surface area contributed by atoms with E-state index in [0.717, 1.165) is 10.4 Å². The molecule has 0 spiro atoms. The van der Waals surface area contributed by atoms with Gasteiger partial charge in [-0.2, -0.15) is 0 Å². The Balaban J connectivity index is 2.07. The van der Waals surface area contributed by atoms with Gasteiger partial charge in [-0.1, -0.05) is 12.1 Å². The summed E-state index contributed by atoms with van der Waals surface area (Å²) in [5, 5.41) is 0. The number of nitrogens with zero attached hydrogens (tertiary/aromatic N) is 1. The number of ether oxygens (including phenoxy) is 1. The Morgan fingerprint density at radius 3 is 2.50 bits per heavy atom. The van der Waals surface area contributed by atoms with Crippen molar-refractivity contribution in [2.75, 3.05) is 0 Å². The van der Waals surface area contributed by atoms with Crippen molar-refractivity contribution in [3.63, 3.8) is 0 Å². The van der Waals surface area contributed by atoms with E-state index in [0.29, 0.717) is 6.42 Å². The van der Waals surface area contributed by atoms with Crippen molar-refractivity contribution in [2.45, 2.75) is 18.8 Å². The predicted molar refractivity (Wildman–Crippen MR) is 69.0 cm³/mol. The zero-order valence-corrected chi connectivity index (χ0v) is 11.0. The fourth-order valence-electron chi connectivity index (χ4n) is 1.72.